The van der Waals surface area contributed by atoms with Crippen LogP contribution in [-0.2, 0) is 28.7 Å². The van der Waals surface area contributed by atoms with E-state index in [0.717, 1.165) is 13.8 Å². The molecule has 0 N–H and O–H groups in total. The molecule has 15 heavy (non-hydrogen) atoms. The van der Waals surface area contributed by atoms with E-state index >= 15 is 0 Å². The maximum absolute atomic E-state index is 11.0. The highest BCUT2D eigenvalue weighted by Gasteiger charge is 2.11. The van der Waals surface area contributed by atoms with Gasteiger partial charge >= 0.3 is 11.9 Å². The average Bonchev–Trinajstić information content (AvgIpc) is 2.11. The molecule has 0 bridgehead atoms. The SMILES string of the molecule is CC(=O)OCC(=O)CC(=O)COC(C)=O. The van der Waals surface area contributed by atoms with Crippen molar-refractivity contribution < 1.29 is 28.7 Å². The minimum absolute atomic E-state index is 0.402. The third-order valence-corrected chi connectivity index (χ3v) is 1.27. The van der Waals surface area contributed by atoms with Gasteiger partial charge in [-0.3, -0.25) is 19.2 Å². The minimum atomic E-state index is -0.587. The fraction of sp³-hybridized carbons (Fsp3) is 0.556. The number of esters is 2. The molecule has 84 valence electrons. The van der Waals surface area contributed by atoms with Crippen molar-refractivity contribution in [1.82, 2.24) is 0 Å². The van der Waals surface area contributed by atoms with Gasteiger partial charge in [0.2, 0.25) is 0 Å². The first-order valence-corrected chi connectivity index (χ1v) is 4.22. The van der Waals surface area contributed by atoms with E-state index < -0.39 is 43.1 Å². The summed E-state index contributed by atoms with van der Waals surface area (Å²) in [5, 5.41) is 0. The number of carbonyl (C=O) groups is 4. The van der Waals surface area contributed by atoms with E-state index in [4.69, 9.17) is 0 Å². The van der Waals surface area contributed by atoms with Gasteiger partial charge in [0.1, 0.15) is 13.2 Å². The van der Waals surface area contributed by atoms with E-state index in [-0.39, 0.29) is 0 Å². The lowest BCUT2D eigenvalue weighted by molar-refractivity contribution is -0.148. The van der Waals surface area contributed by atoms with E-state index in [9.17, 15) is 19.2 Å². The second-order valence-electron chi connectivity index (χ2n) is 2.81. The average molecular weight is 216 g/mol. The smallest absolute Gasteiger partial charge is 0.303 e. The topological polar surface area (TPSA) is 86.7 Å². The Balaban J connectivity index is 3.71. The van der Waals surface area contributed by atoms with Gasteiger partial charge in [0, 0.05) is 13.8 Å². The molecular formula is C9H12O6. The summed E-state index contributed by atoms with van der Waals surface area (Å²) < 4.78 is 8.76. The molecule has 0 fully saturated rings. The summed E-state index contributed by atoms with van der Waals surface area (Å²) in [4.78, 5) is 42.6. The van der Waals surface area contributed by atoms with Crippen LogP contribution in [0.2, 0.25) is 0 Å². The van der Waals surface area contributed by atoms with Crippen molar-refractivity contribution in [2.24, 2.45) is 0 Å². The number of rotatable bonds is 6. The van der Waals surface area contributed by atoms with Gasteiger partial charge in [-0.05, 0) is 0 Å². The van der Waals surface area contributed by atoms with Crippen molar-refractivity contribution in [1.29, 1.82) is 0 Å². The summed E-state index contributed by atoms with van der Waals surface area (Å²) in [5.41, 5.74) is 0. The monoisotopic (exact) mass is 216 g/mol. The summed E-state index contributed by atoms with van der Waals surface area (Å²) in [6.45, 7) is 1.46. The zero-order valence-electron chi connectivity index (χ0n) is 8.57. The molecule has 0 saturated carbocycles. The normalized spacial score (nSPS) is 9.20. The lowest BCUT2D eigenvalue weighted by atomic mass is 10.2. The second kappa shape index (κ2) is 6.69. The van der Waals surface area contributed by atoms with Crippen LogP contribution in [0.15, 0.2) is 0 Å². The third-order valence-electron chi connectivity index (χ3n) is 1.27. The molecule has 0 spiro atoms. The van der Waals surface area contributed by atoms with Crippen LogP contribution in [0.1, 0.15) is 20.3 Å². The molecule has 0 radical (unpaired) electrons. The zero-order chi connectivity index (χ0) is 11.8. The standard InChI is InChI=1S/C9H12O6/c1-6(10)14-4-8(12)3-9(13)5-15-7(2)11/h3-5H2,1-2H3. The molecule has 0 aliphatic carbocycles. The summed E-state index contributed by atoms with van der Waals surface area (Å²) in [7, 11) is 0. The van der Waals surface area contributed by atoms with Gasteiger partial charge in [0.25, 0.3) is 0 Å². The van der Waals surface area contributed by atoms with Gasteiger partial charge in [-0.2, -0.15) is 0 Å². The Labute approximate surface area is 86.5 Å². The molecule has 0 aromatic heterocycles. The Morgan fingerprint density at radius 3 is 1.40 bits per heavy atom. The first-order chi connectivity index (χ1) is 6.91. The fourth-order valence-electron chi connectivity index (χ4n) is 0.686. The molecule has 0 aliphatic rings. The highest BCUT2D eigenvalue weighted by Crippen LogP contribution is 1.90. The predicted octanol–water partition coefficient (Wildman–Crippen LogP) is -0.359. The minimum Gasteiger partial charge on any atom is -0.458 e. The van der Waals surface area contributed by atoms with E-state index in [1.54, 1.807) is 0 Å². The summed E-state index contributed by atoms with van der Waals surface area (Å²) >= 11 is 0. The highest BCUT2D eigenvalue weighted by molar-refractivity contribution is 6.01. The van der Waals surface area contributed by atoms with Gasteiger partial charge in [-0.1, -0.05) is 0 Å². The molecule has 6 heteroatoms. The predicted molar refractivity (Wildman–Crippen MR) is 47.9 cm³/mol. The van der Waals surface area contributed by atoms with E-state index in [1.165, 1.54) is 0 Å². The summed E-state index contributed by atoms with van der Waals surface area (Å²) in [6, 6.07) is 0. The van der Waals surface area contributed by atoms with Crippen LogP contribution in [0.25, 0.3) is 0 Å². The molecule has 0 heterocycles. The number of hydrogen-bond acceptors (Lipinski definition) is 6. The number of Topliss-reactive ketones (excluding diaryl/α,β-unsaturated/α-hetero) is 2. The fourth-order valence-corrected chi connectivity index (χ4v) is 0.686. The van der Waals surface area contributed by atoms with Crippen molar-refractivity contribution in [2.45, 2.75) is 20.3 Å². The molecule has 0 aromatic rings. The van der Waals surface area contributed by atoms with Crippen LogP contribution in [0.3, 0.4) is 0 Å². The number of hydrogen-bond donors (Lipinski definition) is 0. The second-order valence-corrected chi connectivity index (χ2v) is 2.81. The molecule has 0 unspecified atom stereocenters. The maximum Gasteiger partial charge on any atom is 0.303 e. The van der Waals surface area contributed by atoms with Crippen molar-refractivity contribution in [3.05, 3.63) is 0 Å². The highest BCUT2D eigenvalue weighted by atomic mass is 16.5. The van der Waals surface area contributed by atoms with Crippen LogP contribution in [0, 0.1) is 0 Å². The molecule has 0 atom stereocenters. The molecule has 0 aromatic carbocycles. The molecule has 0 amide bonds. The Bertz CT molecular complexity index is 252. The lowest BCUT2D eigenvalue weighted by Crippen LogP contribution is -2.19. The van der Waals surface area contributed by atoms with Gasteiger partial charge in [0.15, 0.2) is 11.6 Å². The Kier molecular flexibility index (Phi) is 5.92. The van der Waals surface area contributed by atoms with Gasteiger partial charge in [-0.25, -0.2) is 0 Å². The van der Waals surface area contributed by atoms with Crippen molar-refractivity contribution >= 4 is 23.5 Å². The van der Waals surface area contributed by atoms with E-state index in [1.807, 2.05) is 0 Å². The van der Waals surface area contributed by atoms with Crippen molar-refractivity contribution in [3.8, 4) is 0 Å². The van der Waals surface area contributed by atoms with Crippen molar-refractivity contribution in [2.75, 3.05) is 13.2 Å². The Morgan fingerprint density at radius 1 is 0.800 bits per heavy atom. The molecule has 0 rings (SSSR count). The van der Waals surface area contributed by atoms with E-state index in [2.05, 4.69) is 9.47 Å². The molecule has 0 saturated heterocycles. The van der Waals surface area contributed by atoms with Gasteiger partial charge in [-0.15, -0.1) is 0 Å². The van der Waals surface area contributed by atoms with Gasteiger partial charge in [0.05, 0.1) is 6.42 Å². The van der Waals surface area contributed by atoms with Crippen LogP contribution in [0.4, 0.5) is 0 Å². The summed E-state index contributed by atoms with van der Waals surface area (Å²) in [5.74, 6) is -2.23. The lowest BCUT2D eigenvalue weighted by Gasteiger charge is -2.01. The van der Waals surface area contributed by atoms with Crippen LogP contribution in [0.5, 0.6) is 0 Å². The Hall–Kier alpha value is -1.72. The third kappa shape index (κ3) is 8.61. The molecular weight excluding hydrogens is 204 g/mol. The molecule has 6 nitrogen and oxygen atoms in total. The van der Waals surface area contributed by atoms with E-state index in [0.29, 0.717) is 0 Å². The molecule has 0 aliphatic heterocycles. The van der Waals surface area contributed by atoms with Gasteiger partial charge < -0.3 is 9.47 Å². The van der Waals surface area contributed by atoms with Crippen LogP contribution in [-0.4, -0.2) is 36.7 Å². The first-order valence-electron chi connectivity index (χ1n) is 4.22. The number of ketones is 2. The van der Waals surface area contributed by atoms with Crippen LogP contribution >= 0.6 is 0 Å². The largest absolute Gasteiger partial charge is 0.458 e. The number of ether oxygens (including phenoxy) is 2. The summed E-state index contributed by atoms with van der Waals surface area (Å²) in [6.07, 6.45) is -0.402. The maximum atomic E-state index is 11.0. The van der Waals surface area contributed by atoms with Crippen molar-refractivity contribution in [3.63, 3.8) is 0 Å². The number of carbonyl (C=O) groups excluding carboxylic acids is 4. The quantitative estimate of drug-likeness (QED) is 0.445. The zero-order valence-corrected chi connectivity index (χ0v) is 8.57. The first kappa shape index (κ1) is 13.3. The Morgan fingerprint density at radius 2 is 1.13 bits per heavy atom. The van der Waals surface area contributed by atoms with Crippen LogP contribution < -0.4 is 0 Å².